The van der Waals surface area contributed by atoms with Gasteiger partial charge in [0.15, 0.2) is 0 Å². The summed E-state index contributed by atoms with van der Waals surface area (Å²) in [4.78, 5) is 41.8. The summed E-state index contributed by atoms with van der Waals surface area (Å²) < 4.78 is 5.75. The summed E-state index contributed by atoms with van der Waals surface area (Å²) >= 11 is 0. The third-order valence-electron chi connectivity index (χ3n) is 6.13. The summed E-state index contributed by atoms with van der Waals surface area (Å²) in [6, 6.07) is 14.5. The highest BCUT2D eigenvalue weighted by atomic mass is 16.5. The largest absolute Gasteiger partial charge is 0.373 e. The lowest BCUT2D eigenvalue weighted by atomic mass is 10.1. The molecule has 174 valence electrons. The van der Waals surface area contributed by atoms with Crippen LogP contribution in [0.5, 0.6) is 0 Å². The van der Waals surface area contributed by atoms with E-state index in [2.05, 4.69) is 24.1 Å². The second-order valence-corrected chi connectivity index (χ2v) is 8.88. The fourth-order valence-electron chi connectivity index (χ4n) is 4.59. The third-order valence-corrected chi connectivity index (χ3v) is 6.13. The topological polar surface area (TPSA) is 79.0 Å². The van der Waals surface area contributed by atoms with E-state index in [-0.39, 0.29) is 29.9 Å². The van der Waals surface area contributed by atoms with Crippen LogP contribution in [-0.4, -0.2) is 72.5 Å². The average molecular weight is 450 g/mol. The first-order valence-electron chi connectivity index (χ1n) is 11.6. The van der Waals surface area contributed by atoms with Gasteiger partial charge in [0.2, 0.25) is 0 Å². The van der Waals surface area contributed by atoms with Crippen molar-refractivity contribution in [3.63, 3.8) is 0 Å². The van der Waals surface area contributed by atoms with E-state index < -0.39 is 0 Å². The van der Waals surface area contributed by atoms with E-state index in [1.54, 1.807) is 18.2 Å². The molecule has 0 saturated carbocycles. The average Bonchev–Trinajstić information content (AvgIpc) is 3.04. The van der Waals surface area contributed by atoms with Gasteiger partial charge < -0.3 is 10.1 Å². The summed E-state index contributed by atoms with van der Waals surface area (Å²) in [5, 5.41) is 2.93. The van der Waals surface area contributed by atoms with Crippen molar-refractivity contribution in [2.45, 2.75) is 38.9 Å². The molecule has 2 atom stereocenters. The van der Waals surface area contributed by atoms with Crippen LogP contribution >= 0.6 is 0 Å². The second-order valence-electron chi connectivity index (χ2n) is 8.88. The monoisotopic (exact) mass is 449 g/mol. The molecule has 0 bridgehead atoms. The summed E-state index contributed by atoms with van der Waals surface area (Å²) in [6.07, 6.45) is 1.88. The van der Waals surface area contributed by atoms with Crippen LogP contribution in [0.4, 0.5) is 0 Å². The number of nitrogens with zero attached hydrogens (tertiary/aromatic N) is 2. The van der Waals surface area contributed by atoms with E-state index in [0.717, 1.165) is 31.6 Å². The summed E-state index contributed by atoms with van der Waals surface area (Å²) in [5.74, 6) is -0.868. The first-order valence-corrected chi connectivity index (χ1v) is 11.6. The molecule has 4 rings (SSSR count). The van der Waals surface area contributed by atoms with Crippen LogP contribution in [0.2, 0.25) is 0 Å². The Bertz CT molecular complexity index is 1010. The molecular formula is C26H31N3O4. The predicted octanol–water partition coefficient (Wildman–Crippen LogP) is 2.75. The number of hydrogen-bond acceptors (Lipinski definition) is 5. The van der Waals surface area contributed by atoms with Crippen LogP contribution in [0.15, 0.2) is 48.5 Å². The number of rotatable bonds is 8. The highest BCUT2D eigenvalue weighted by Gasteiger charge is 2.35. The molecule has 7 nitrogen and oxygen atoms in total. The summed E-state index contributed by atoms with van der Waals surface area (Å²) in [6.45, 7) is 7.72. The minimum absolute atomic E-state index is 0.224. The van der Waals surface area contributed by atoms with E-state index in [0.29, 0.717) is 36.2 Å². The Kier molecular flexibility index (Phi) is 7.20. The molecular weight excluding hydrogens is 418 g/mol. The van der Waals surface area contributed by atoms with E-state index in [1.165, 1.54) is 4.90 Å². The maximum Gasteiger partial charge on any atom is 0.261 e. The van der Waals surface area contributed by atoms with Crippen LogP contribution < -0.4 is 5.32 Å². The lowest BCUT2D eigenvalue weighted by molar-refractivity contribution is -0.0680. The Morgan fingerprint density at radius 3 is 2.39 bits per heavy atom. The molecule has 2 aromatic carbocycles. The van der Waals surface area contributed by atoms with Gasteiger partial charge in [-0.1, -0.05) is 30.3 Å². The zero-order valence-corrected chi connectivity index (χ0v) is 19.3. The van der Waals surface area contributed by atoms with E-state index in [9.17, 15) is 14.4 Å². The van der Waals surface area contributed by atoms with Crippen LogP contribution in [0, 0.1) is 0 Å². The first-order chi connectivity index (χ1) is 15.9. The molecule has 0 aliphatic carbocycles. The summed E-state index contributed by atoms with van der Waals surface area (Å²) in [7, 11) is 0. The van der Waals surface area contributed by atoms with Gasteiger partial charge in [-0.05, 0) is 50.5 Å². The molecule has 0 spiro atoms. The highest BCUT2D eigenvalue weighted by Crippen LogP contribution is 2.24. The van der Waals surface area contributed by atoms with Crippen molar-refractivity contribution < 1.29 is 19.1 Å². The van der Waals surface area contributed by atoms with Crippen LogP contribution in [0.1, 0.15) is 56.9 Å². The van der Waals surface area contributed by atoms with E-state index in [4.69, 9.17) is 4.74 Å². The maximum atomic E-state index is 12.8. The zero-order valence-electron chi connectivity index (χ0n) is 19.3. The molecule has 0 radical (unpaired) electrons. The lowest BCUT2D eigenvalue weighted by Crippen LogP contribution is -2.46. The Morgan fingerprint density at radius 1 is 0.970 bits per heavy atom. The number of nitrogens with one attached hydrogen (secondary N) is 1. The maximum absolute atomic E-state index is 12.8. The third kappa shape index (κ3) is 5.49. The van der Waals surface area contributed by atoms with E-state index in [1.807, 2.05) is 30.3 Å². The molecule has 2 aliphatic rings. The normalized spacial score (nSPS) is 20.7. The number of ether oxygens (including phenoxy) is 1. The number of fused-ring (bicyclic) bond motifs is 1. The molecule has 2 aliphatic heterocycles. The smallest absolute Gasteiger partial charge is 0.261 e. The fraction of sp³-hybridized carbons (Fsp3) is 0.423. The number of carbonyl (C=O) groups is 3. The van der Waals surface area contributed by atoms with Crippen molar-refractivity contribution in [2.75, 3.05) is 32.7 Å². The molecule has 1 saturated heterocycles. The molecule has 7 heteroatoms. The van der Waals surface area contributed by atoms with Gasteiger partial charge in [0.1, 0.15) is 0 Å². The molecule has 33 heavy (non-hydrogen) atoms. The SMILES string of the molecule is CC1CN(CCCNC(=O)c2ccc3c(c2)C(=O)N(CCc2ccccc2)C3=O)CC(C)O1. The number of carbonyl (C=O) groups excluding carboxylic acids is 3. The quantitative estimate of drug-likeness (QED) is 0.495. The standard InChI is InChI=1S/C26H31N3O4/c1-18-16-28(17-19(2)33-18)13-6-12-27-24(30)21-9-10-22-23(15-21)26(32)29(25(22)31)14-11-20-7-4-3-5-8-20/h3-5,7-10,15,18-19H,6,11-14,16-17H2,1-2H3,(H,27,30). The van der Waals surface area contributed by atoms with Crippen molar-refractivity contribution in [1.29, 1.82) is 0 Å². The number of morpholine rings is 1. The predicted molar refractivity (Wildman–Crippen MR) is 125 cm³/mol. The van der Waals surface area contributed by atoms with Gasteiger partial charge >= 0.3 is 0 Å². The Hall–Kier alpha value is -3.03. The molecule has 2 aromatic rings. The number of hydrogen-bond donors (Lipinski definition) is 1. The summed E-state index contributed by atoms with van der Waals surface area (Å²) in [5.41, 5.74) is 2.13. The van der Waals surface area contributed by atoms with Crippen molar-refractivity contribution in [3.05, 3.63) is 70.8 Å². The lowest BCUT2D eigenvalue weighted by Gasteiger charge is -2.35. The zero-order chi connectivity index (χ0) is 23.4. The Morgan fingerprint density at radius 2 is 1.67 bits per heavy atom. The molecule has 2 unspecified atom stereocenters. The van der Waals surface area contributed by atoms with Crippen molar-refractivity contribution >= 4 is 17.7 Å². The Labute approximate surface area is 194 Å². The van der Waals surface area contributed by atoms with Gasteiger partial charge in [-0.25, -0.2) is 0 Å². The van der Waals surface area contributed by atoms with Crippen molar-refractivity contribution in [1.82, 2.24) is 15.1 Å². The fourth-order valence-corrected chi connectivity index (χ4v) is 4.59. The highest BCUT2D eigenvalue weighted by molar-refractivity contribution is 6.22. The van der Waals surface area contributed by atoms with Gasteiger partial charge in [-0.3, -0.25) is 24.2 Å². The van der Waals surface area contributed by atoms with Crippen LogP contribution in [0.3, 0.4) is 0 Å². The molecule has 2 heterocycles. The van der Waals surface area contributed by atoms with Crippen LogP contribution in [0.25, 0.3) is 0 Å². The van der Waals surface area contributed by atoms with Gasteiger partial charge in [0.05, 0.1) is 23.3 Å². The van der Waals surface area contributed by atoms with E-state index >= 15 is 0 Å². The van der Waals surface area contributed by atoms with Crippen molar-refractivity contribution in [2.24, 2.45) is 0 Å². The Balaban J connectivity index is 1.30. The van der Waals surface area contributed by atoms with Gasteiger partial charge in [-0.15, -0.1) is 0 Å². The first kappa shape index (κ1) is 23.1. The molecule has 0 aromatic heterocycles. The van der Waals surface area contributed by atoms with Gasteiger partial charge in [0, 0.05) is 38.3 Å². The minimum Gasteiger partial charge on any atom is -0.373 e. The van der Waals surface area contributed by atoms with Gasteiger partial charge in [-0.2, -0.15) is 0 Å². The van der Waals surface area contributed by atoms with Crippen molar-refractivity contribution in [3.8, 4) is 0 Å². The van der Waals surface area contributed by atoms with Crippen LogP contribution in [-0.2, 0) is 11.2 Å². The second kappa shape index (κ2) is 10.3. The minimum atomic E-state index is -0.337. The molecule has 1 fully saturated rings. The molecule has 3 amide bonds. The number of imide groups is 1. The van der Waals surface area contributed by atoms with Gasteiger partial charge in [0.25, 0.3) is 17.7 Å². The number of amides is 3. The number of benzene rings is 2. The molecule has 1 N–H and O–H groups in total.